The molecule has 0 aliphatic heterocycles. The molecule has 0 radical (unpaired) electrons. The van der Waals surface area contributed by atoms with Crippen LogP contribution in [0.2, 0.25) is 0 Å². The maximum atomic E-state index is 6.09. The number of ether oxygens (including phenoxy) is 1. The number of nitrogens with zero attached hydrogens (tertiary/aromatic N) is 3. The molecule has 0 N–H and O–H groups in total. The molecule has 1 heterocycles. The molecule has 0 atom stereocenters. The average Bonchev–Trinajstić information content (AvgIpc) is 3.17. The van der Waals surface area contributed by atoms with Crippen LogP contribution in [0.3, 0.4) is 0 Å². The number of rotatable bonds is 9. The summed E-state index contributed by atoms with van der Waals surface area (Å²) in [6.45, 7) is 14.2. The molecule has 0 amide bonds. The summed E-state index contributed by atoms with van der Waals surface area (Å²) in [5.74, 6) is 1.57. The van der Waals surface area contributed by atoms with Gasteiger partial charge in [-0.05, 0) is 69.5 Å². The molecule has 0 aliphatic rings. The fourth-order valence-electron chi connectivity index (χ4n) is 3.42. The molecule has 2 aromatic carbocycles. The second kappa shape index (κ2) is 9.99. The average molecular weight is 410 g/mol. The lowest BCUT2D eigenvalue weighted by molar-refractivity contribution is 0.292. The largest absolute Gasteiger partial charge is 0.430 e. The molecule has 1 aromatic heterocycles. The monoisotopic (exact) mass is 409 g/mol. The van der Waals surface area contributed by atoms with Crippen molar-refractivity contribution in [3.05, 3.63) is 58.7 Å². The third-order valence-corrected chi connectivity index (χ3v) is 5.83. The number of aromatic nitrogens is 2. The van der Waals surface area contributed by atoms with Gasteiger partial charge in [-0.15, -0.1) is 0 Å². The Morgan fingerprint density at radius 1 is 0.966 bits per heavy atom. The van der Waals surface area contributed by atoms with E-state index in [1.54, 1.807) is 0 Å². The molecule has 0 fully saturated rings. The van der Waals surface area contributed by atoms with Gasteiger partial charge in [0.25, 0.3) is 5.19 Å². The SMILES string of the molecule is CCCN(CC)CCc1cc(C)c(Oc2nc(-c3ccc(C)cc3)ns2)cc1C. The van der Waals surface area contributed by atoms with Gasteiger partial charge in [0.15, 0.2) is 5.82 Å². The van der Waals surface area contributed by atoms with Crippen LogP contribution in [0.1, 0.15) is 42.5 Å². The Hall–Kier alpha value is -2.24. The second-order valence-electron chi connectivity index (χ2n) is 7.58. The van der Waals surface area contributed by atoms with Crippen LogP contribution < -0.4 is 4.74 Å². The molecule has 0 saturated heterocycles. The smallest absolute Gasteiger partial charge is 0.299 e. The molecule has 0 saturated carbocycles. The molecule has 154 valence electrons. The highest BCUT2D eigenvalue weighted by Gasteiger charge is 2.12. The standard InChI is InChI=1S/C24H31N3OS/c1-6-13-27(7-2)14-12-21-15-19(5)22(16-18(21)4)28-24-25-23(26-29-24)20-10-8-17(3)9-11-20/h8-11,15-16H,6-7,12-14H2,1-5H3. The lowest BCUT2D eigenvalue weighted by Crippen LogP contribution is -2.26. The molecule has 0 unspecified atom stereocenters. The first-order chi connectivity index (χ1) is 14.0. The highest BCUT2D eigenvalue weighted by molar-refractivity contribution is 7.07. The molecule has 5 heteroatoms. The third-order valence-electron chi connectivity index (χ3n) is 5.23. The summed E-state index contributed by atoms with van der Waals surface area (Å²) in [5.41, 5.74) is 6.03. The van der Waals surface area contributed by atoms with Gasteiger partial charge in [0, 0.05) is 23.6 Å². The molecular weight excluding hydrogens is 378 g/mol. The molecule has 29 heavy (non-hydrogen) atoms. The van der Waals surface area contributed by atoms with Crippen molar-refractivity contribution in [3.63, 3.8) is 0 Å². The minimum atomic E-state index is 0.580. The van der Waals surface area contributed by atoms with E-state index >= 15 is 0 Å². The Morgan fingerprint density at radius 3 is 2.41 bits per heavy atom. The summed E-state index contributed by atoms with van der Waals surface area (Å²) in [6, 6.07) is 12.6. The summed E-state index contributed by atoms with van der Waals surface area (Å²) in [5, 5.41) is 0.580. The third kappa shape index (κ3) is 5.64. The highest BCUT2D eigenvalue weighted by Crippen LogP contribution is 2.31. The summed E-state index contributed by atoms with van der Waals surface area (Å²) in [4.78, 5) is 7.08. The number of benzene rings is 2. The van der Waals surface area contributed by atoms with Crippen molar-refractivity contribution < 1.29 is 4.74 Å². The van der Waals surface area contributed by atoms with Crippen LogP contribution >= 0.6 is 11.5 Å². The van der Waals surface area contributed by atoms with Crippen molar-refractivity contribution in [3.8, 4) is 22.3 Å². The van der Waals surface area contributed by atoms with E-state index in [0.717, 1.165) is 42.9 Å². The van der Waals surface area contributed by atoms with Gasteiger partial charge in [0.1, 0.15) is 5.75 Å². The Morgan fingerprint density at radius 2 is 1.72 bits per heavy atom. The van der Waals surface area contributed by atoms with Gasteiger partial charge >= 0.3 is 0 Å². The van der Waals surface area contributed by atoms with Crippen molar-refractivity contribution in [2.24, 2.45) is 0 Å². The van der Waals surface area contributed by atoms with Gasteiger partial charge in [0.05, 0.1) is 0 Å². The van der Waals surface area contributed by atoms with Crippen molar-refractivity contribution in [1.82, 2.24) is 14.3 Å². The zero-order chi connectivity index (χ0) is 20.8. The van der Waals surface area contributed by atoms with Gasteiger partial charge < -0.3 is 9.64 Å². The molecule has 3 rings (SSSR count). The van der Waals surface area contributed by atoms with Gasteiger partial charge in [-0.25, -0.2) is 0 Å². The Labute approximate surface area is 178 Å². The van der Waals surface area contributed by atoms with Crippen molar-refractivity contribution in [2.45, 2.75) is 47.5 Å². The molecule has 3 aromatic rings. The van der Waals surface area contributed by atoms with E-state index in [1.807, 2.05) is 12.1 Å². The van der Waals surface area contributed by atoms with Crippen LogP contribution in [0.25, 0.3) is 11.4 Å². The van der Waals surface area contributed by atoms with E-state index in [0.29, 0.717) is 11.0 Å². The van der Waals surface area contributed by atoms with Gasteiger partial charge in [0.2, 0.25) is 0 Å². The van der Waals surface area contributed by atoms with Crippen molar-refractivity contribution in [1.29, 1.82) is 0 Å². The summed E-state index contributed by atoms with van der Waals surface area (Å²) >= 11 is 1.29. The molecule has 0 aliphatic carbocycles. The molecule has 4 nitrogen and oxygen atoms in total. The first kappa shape index (κ1) is 21.5. The van der Waals surface area contributed by atoms with Crippen molar-refractivity contribution in [2.75, 3.05) is 19.6 Å². The van der Waals surface area contributed by atoms with E-state index in [1.165, 1.54) is 34.6 Å². The minimum absolute atomic E-state index is 0.580. The molecular formula is C24H31N3OS. The normalized spacial score (nSPS) is 11.2. The number of aryl methyl sites for hydroxylation is 3. The number of hydrogen-bond acceptors (Lipinski definition) is 5. The summed E-state index contributed by atoms with van der Waals surface area (Å²) < 4.78 is 10.5. The fourth-order valence-corrected chi connectivity index (χ4v) is 3.98. The Balaban J connectivity index is 1.70. The van der Waals surface area contributed by atoms with Crippen LogP contribution in [0, 0.1) is 20.8 Å². The predicted molar refractivity (Wildman–Crippen MR) is 122 cm³/mol. The van der Waals surface area contributed by atoms with Gasteiger partial charge in [-0.1, -0.05) is 49.7 Å². The van der Waals surface area contributed by atoms with Gasteiger partial charge in [-0.3, -0.25) is 0 Å². The lowest BCUT2D eigenvalue weighted by atomic mass is 10.0. The number of likely N-dealkylation sites (N-methyl/N-ethyl adjacent to an activating group) is 1. The van der Waals surface area contributed by atoms with Gasteiger partial charge in [-0.2, -0.15) is 9.36 Å². The van der Waals surface area contributed by atoms with Crippen LogP contribution in [0.15, 0.2) is 36.4 Å². The maximum Gasteiger partial charge on any atom is 0.299 e. The van der Waals surface area contributed by atoms with Crippen LogP contribution in [0.5, 0.6) is 10.9 Å². The van der Waals surface area contributed by atoms with E-state index in [-0.39, 0.29) is 0 Å². The molecule has 0 spiro atoms. The Kier molecular flexibility index (Phi) is 7.40. The van der Waals surface area contributed by atoms with E-state index in [2.05, 4.69) is 73.1 Å². The van der Waals surface area contributed by atoms with E-state index in [4.69, 9.17) is 4.74 Å². The van der Waals surface area contributed by atoms with E-state index < -0.39 is 0 Å². The van der Waals surface area contributed by atoms with Crippen LogP contribution in [-0.2, 0) is 6.42 Å². The second-order valence-corrected chi connectivity index (χ2v) is 8.29. The molecule has 0 bridgehead atoms. The first-order valence-electron chi connectivity index (χ1n) is 10.4. The van der Waals surface area contributed by atoms with Crippen molar-refractivity contribution >= 4 is 11.5 Å². The lowest BCUT2D eigenvalue weighted by Gasteiger charge is -2.20. The highest BCUT2D eigenvalue weighted by atomic mass is 32.1. The van der Waals surface area contributed by atoms with E-state index in [9.17, 15) is 0 Å². The fraction of sp³-hybridized carbons (Fsp3) is 0.417. The predicted octanol–water partition coefficient (Wildman–Crippen LogP) is 6.20. The first-order valence-corrected chi connectivity index (χ1v) is 11.2. The maximum absolute atomic E-state index is 6.09. The summed E-state index contributed by atoms with van der Waals surface area (Å²) in [6.07, 6.45) is 2.27. The zero-order valence-corrected chi connectivity index (χ0v) is 19.0. The summed E-state index contributed by atoms with van der Waals surface area (Å²) in [7, 11) is 0. The minimum Gasteiger partial charge on any atom is -0.430 e. The Bertz CT molecular complexity index is 934. The topological polar surface area (TPSA) is 38.2 Å². The quantitative estimate of drug-likeness (QED) is 0.422. The zero-order valence-electron chi connectivity index (χ0n) is 18.2. The number of hydrogen-bond donors (Lipinski definition) is 0. The van der Waals surface area contributed by atoms with Crippen LogP contribution in [-0.4, -0.2) is 33.9 Å². The van der Waals surface area contributed by atoms with Crippen LogP contribution in [0.4, 0.5) is 0 Å².